The molecule has 2 rings (SSSR count). The molecule has 1 aromatic rings. The Balaban J connectivity index is 1.98. The van der Waals surface area contributed by atoms with Crippen molar-refractivity contribution in [1.29, 1.82) is 0 Å². The number of hydrogen-bond acceptors (Lipinski definition) is 5. The summed E-state index contributed by atoms with van der Waals surface area (Å²) < 4.78 is 0. The van der Waals surface area contributed by atoms with Gasteiger partial charge in [-0.2, -0.15) is 0 Å². The zero-order valence-electron chi connectivity index (χ0n) is 10.9. The van der Waals surface area contributed by atoms with Gasteiger partial charge in [-0.25, -0.2) is 9.78 Å². The van der Waals surface area contributed by atoms with Gasteiger partial charge in [0, 0.05) is 18.2 Å². The molecule has 1 saturated heterocycles. The number of anilines is 1. The molecule has 1 aromatic heterocycles. The summed E-state index contributed by atoms with van der Waals surface area (Å²) in [5, 5.41) is 15.4. The van der Waals surface area contributed by atoms with Crippen LogP contribution >= 0.6 is 0 Å². The zero-order chi connectivity index (χ0) is 13.7. The molecule has 3 N–H and O–H groups in total. The molecule has 0 aliphatic carbocycles. The molecule has 6 heteroatoms. The number of aromatic nitrogens is 2. The van der Waals surface area contributed by atoms with Gasteiger partial charge in [0.25, 0.3) is 0 Å². The highest BCUT2D eigenvalue weighted by atomic mass is 16.4. The van der Waals surface area contributed by atoms with Gasteiger partial charge in [0.2, 0.25) is 0 Å². The van der Waals surface area contributed by atoms with Crippen molar-refractivity contribution < 1.29 is 9.90 Å². The average molecular weight is 262 g/mol. The second-order valence-corrected chi connectivity index (χ2v) is 4.65. The highest BCUT2D eigenvalue weighted by Gasteiger charge is 2.12. The van der Waals surface area contributed by atoms with E-state index in [-0.39, 0.29) is 5.57 Å². The molecular formula is C13H18N4O2. The van der Waals surface area contributed by atoms with Crippen molar-refractivity contribution >= 4 is 17.9 Å². The maximum absolute atomic E-state index is 10.7. The summed E-state index contributed by atoms with van der Waals surface area (Å²) in [5.74, 6) is -0.226. The Morgan fingerprint density at radius 1 is 1.53 bits per heavy atom. The number of nitrogens with one attached hydrogen (secondary N) is 2. The second-order valence-electron chi connectivity index (χ2n) is 4.65. The van der Waals surface area contributed by atoms with Crippen LogP contribution in [0.3, 0.4) is 0 Å². The molecule has 19 heavy (non-hydrogen) atoms. The number of carbonyl (C=O) groups is 1. The van der Waals surface area contributed by atoms with Crippen LogP contribution in [0, 0.1) is 0 Å². The summed E-state index contributed by atoms with van der Waals surface area (Å²) in [7, 11) is 0. The van der Waals surface area contributed by atoms with Crippen molar-refractivity contribution in [1.82, 2.24) is 15.3 Å². The van der Waals surface area contributed by atoms with Crippen LogP contribution in [0.5, 0.6) is 0 Å². The zero-order valence-corrected chi connectivity index (χ0v) is 10.9. The first-order valence-electron chi connectivity index (χ1n) is 6.36. The lowest BCUT2D eigenvalue weighted by Crippen LogP contribution is -2.38. The highest BCUT2D eigenvalue weighted by Crippen LogP contribution is 2.10. The van der Waals surface area contributed by atoms with E-state index >= 15 is 0 Å². The summed E-state index contributed by atoms with van der Waals surface area (Å²) in [6, 6.07) is 0.380. The standard InChI is InChI=1S/C13H18N4O2/c1-9(13(18)19)5-11-7-16-12(8-15-11)17-10-3-2-4-14-6-10/h5,7-8,10,14H,2-4,6H2,1H3,(H,16,17)(H,18,19)/t10-/m1/s1. The number of nitrogens with zero attached hydrogens (tertiary/aromatic N) is 2. The van der Waals surface area contributed by atoms with Crippen molar-refractivity contribution in [3.63, 3.8) is 0 Å². The summed E-state index contributed by atoms with van der Waals surface area (Å²) in [4.78, 5) is 19.1. The van der Waals surface area contributed by atoms with Crippen LogP contribution < -0.4 is 10.6 Å². The van der Waals surface area contributed by atoms with Gasteiger partial charge in [0.05, 0.1) is 18.1 Å². The van der Waals surface area contributed by atoms with Crippen LogP contribution in [0.15, 0.2) is 18.0 Å². The fraction of sp³-hybridized carbons (Fsp3) is 0.462. The van der Waals surface area contributed by atoms with Gasteiger partial charge in [-0.05, 0) is 32.4 Å². The van der Waals surface area contributed by atoms with E-state index in [1.54, 1.807) is 12.4 Å². The molecule has 102 valence electrons. The Morgan fingerprint density at radius 3 is 2.95 bits per heavy atom. The molecule has 0 unspecified atom stereocenters. The first kappa shape index (κ1) is 13.5. The number of hydrogen-bond donors (Lipinski definition) is 3. The number of piperidine rings is 1. The van der Waals surface area contributed by atoms with E-state index in [1.807, 2.05) is 0 Å². The number of rotatable bonds is 4. The third-order valence-electron chi connectivity index (χ3n) is 3.02. The van der Waals surface area contributed by atoms with Crippen LogP contribution in [0.25, 0.3) is 6.08 Å². The Labute approximate surface area is 112 Å². The molecule has 6 nitrogen and oxygen atoms in total. The minimum absolute atomic E-state index is 0.242. The SMILES string of the molecule is CC(=Cc1cnc(N[C@@H]2CCCNC2)cn1)C(=O)O. The smallest absolute Gasteiger partial charge is 0.331 e. The highest BCUT2D eigenvalue weighted by molar-refractivity contribution is 5.91. The predicted molar refractivity (Wildman–Crippen MR) is 72.8 cm³/mol. The lowest BCUT2D eigenvalue weighted by atomic mass is 10.1. The minimum atomic E-state index is -0.947. The number of carboxylic acids is 1. The largest absolute Gasteiger partial charge is 0.478 e. The minimum Gasteiger partial charge on any atom is -0.478 e. The molecular weight excluding hydrogens is 244 g/mol. The fourth-order valence-corrected chi connectivity index (χ4v) is 1.95. The van der Waals surface area contributed by atoms with Crippen LogP contribution in [0.4, 0.5) is 5.82 Å². The second kappa shape index (κ2) is 6.29. The van der Waals surface area contributed by atoms with Crippen molar-refractivity contribution in [2.45, 2.75) is 25.8 Å². The van der Waals surface area contributed by atoms with E-state index < -0.39 is 5.97 Å². The van der Waals surface area contributed by atoms with Crippen molar-refractivity contribution in [2.75, 3.05) is 18.4 Å². The van der Waals surface area contributed by atoms with Crippen molar-refractivity contribution in [2.24, 2.45) is 0 Å². The van der Waals surface area contributed by atoms with E-state index in [0.717, 1.165) is 31.7 Å². The van der Waals surface area contributed by atoms with Gasteiger partial charge in [-0.3, -0.25) is 4.98 Å². The first-order chi connectivity index (χ1) is 9.15. The Kier molecular flexibility index (Phi) is 4.46. The monoisotopic (exact) mass is 262 g/mol. The van der Waals surface area contributed by atoms with Gasteiger partial charge in [-0.1, -0.05) is 0 Å². The quantitative estimate of drug-likeness (QED) is 0.705. The van der Waals surface area contributed by atoms with E-state index in [4.69, 9.17) is 5.11 Å². The van der Waals surface area contributed by atoms with Crippen LogP contribution in [0.2, 0.25) is 0 Å². The van der Waals surface area contributed by atoms with Gasteiger partial charge < -0.3 is 15.7 Å². The van der Waals surface area contributed by atoms with E-state index in [9.17, 15) is 4.79 Å². The Bertz CT molecular complexity index is 464. The summed E-state index contributed by atoms with van der Waals surface area (Å²) in [6.45, 7) is 3.54. The molecule has 1 aliphatic rings. The molecule has 1 atom stereocenters. The third-order valence-corrected chi connectivity index (χ3v) is 3.02. The number of carboxylic acid groups (broad SMARTS) is 1. The number of aliphatic carboxylic acids is 1. The summed E-state index contributed by atoms with van der Waals surface area (Å²) >= 11 is 0. The lowest BCUT2D eigenvalue weighted by molar-refractivity contribution is -0.132. The molecule has 0 radical (unpaired) electrons. The summed E-state index contributed by atoms with van der Waals surface area (Å²) in [6.07, 6.45) is 6.99. The lowest BCUT2D eigenvalue weighted by Gasteiger charge is -2.24. The average Bonchev–Trinajstić information content (AvgIpc) is 2.42. The van der Waals surface area contributed by atoms with Crippen LogP contribution in [-0.2, 0) is 4.79 Å². The Hall–Kier alpha value is -1.95. The third kappa shape index (κ3) is 4.03. The molecule has 1 aliphatic heterocycles. The normalized spacial score (nSPS) is 20.1. The first-order valence-corrected chi connectivity index (χ1v) is 6.36. The molecule has 2 heterocycles. The van der Waals surface area contributed by atoms with Gasteiger partial charge in [-0.15, -0.1) is 0 Å². The van der Waals surface area contributed by atoms with Crippen molar-refractivity contribution in [3.05, 3.63) is 23.7 Å². The van der Waals surface area contributed by atoms with E-state index in [2.05, 4.69) is 20.6 Å². The maximum atomic E-state index is 10.7. The molecule has 0 saturated carbocycles. The van der Waals surface area contributed by atoms with Gasteiger partial charge >= 0.3 is 5.97 Å². The molecule has 0 spiro atoms. The van der Waals surface area contributed by atoms with Crippen LogP contribution in [0.1, 0.15) is 25.5 Å². The maximum Gasteiger partial charge on any atom is 0.331 e. The van der Waals surface area contributed by atoms with Crippen LogP contribution in [-0.4, -0.2) is 40.2 Å². The molecule has 0 aromatic carbocycles. The topological polar surface area (TPSA) is 87.1 Å². The predicted octanol–water partition coefficient (Wildman–Crippen LogP) is 1.13. The molecule has 0 amide bonds. The van der Waals surface area contributed by atoms with Crippen molar-refractivity contribution in [3.8, 4) is 0 Å². The van der Waals surface area contributed by atoms with Gasteiger partial charge in [0.1, 0.15) is 5.82 Å². The summed E-state index contributed by atoms with van der Waals surface area (Å²) in [5.41, 5.74) is 0.790. The van der Waals surface area contributed by atoms with E-state index in [1.165, 1.54) is 13.0 Å². The molecule has 1 fully saturated rings. The Morgan fingerprint density at radius 2 is 2.37 bits per heavy atom. The molecule has 0 bridgehead atoms. The fourth-order valence-electron chi connectivity index (χ4n) is 1.95. The van der Waals surface area contributed by atoms with E-state index in [0.29, 0.717) is 11.7 Å². The van der Waals surface area contributed by atoms with Gasteiger partial charge in [0.15, 0.2) is 0 Å².